The van der Waals surface area contributed by atoms with Crippen LogP contribution in [0.4, 0.5) is 34.1 Å². The second kappa shape index (κ2) is 13.5. The van der Waals surface area contributed by atoms with E-state index >= 15 is 0 Å². The molecular weight excluding hydrogens is 701 g/mol. The molecule has 0 unspecified atom stereocenters. The molecule has 2 nitrogen and oxygen atoms in total. The molecule has 0 aromatic heterocycles. The fourth-order valence-electron chi connectivity index (χ4n) is 9.80. The van der Waals surface area contributed by atoms with Gasteiger partial charge in [-0.15, -0.1) is 0 Å². The summed E-state index contributed by atoms with van der Waals surface area (Å²) >= 11 is 0. The number of para-hydroxylation sites is 4. The first-order valence-electron chi connectivity index (χ1n) is 20.5. The Morgan fingerprint density at radius 3 is 1.60 bits per heavy atom. The maximum absolute atomic E-state index is 2.47. The maximum atomic E-state index is 2.47. The lowest BCUT2D eigenvalue weighted by Crippen LogP contribution is -2.30. The van der Waals surface area contributed by atoms with Crippen LogP contribution in [0, 0.1) is 13.8 Å². The van der Waals surface area contributed by atoms with Gasteiger partial charge in [0.25, 0.3) is 0 Å². The number of hydrogen-bond donors (Lipinski definition) is 0. The second-order valence-corrected chi connectivity index (χ2v) is 17.1. The quantitative estimate of drug-likeness (QED) is 0.156. The molecule has 2 aliphatic rings. The Balaban J connectivity index is 1.01. The van der Waals surface area contributed by atoms with Crippen molar-refractivity contribution >= 4 is 57.0 Å². The number of nitrogens with zero attached hydrogens (tertiary/aromatic N) is 2. The highest BCUT2D eigenvalue weighted by Gasteiger charge is 2.39. The van der Waals surface area contributed by atoms with Gasteiger partial charge in [-0.05, 0) is 117 Å². The Morgan fingerprint density at radius 2 is 0.948 bits per heavy atom. The van der Waals surface area contributed by atoms with Crippen LogP contribution in [0.5, 0.6) is 0 Å². The molecule has 10 rings (SSSR count). The standard InChI is InChI=1S/C56H48N2/c1-37-17-7-11-24-50(37)58(51-25-12-8-18-38(51)2)52-28-16-20-42-40(19-15-21-45(42)52)31-29-39-30-33-43-44-34-32-41(36-49(44)56(5,6)48(43)35-39)57-53-26-13-9-22-46(53)55(3,4)47-23-10-14-27-54(47)57/h7-36H,1-6H3/b31-29+. The summed E-state index contributed by atoms with van der Waals surface area (Å²) in [7, 11) is 0. The molecule has 0 bridgehead atoms. The van der Waals surface area contributed by atoms with Crippen LogP contribution in [0.2, 0.25) is 0 Å². The number of fused-ring (bicyclic) bond motifs is 6. The van der Waals surface area contributed by atoms with Crippen molar-refractivity contribution in [3.05, 3.63) is 214 Å². The van der Waals surface area contributed by atoms with Crippen LogP contribution in [-0.4, -0.2) is 0 Å². The van der Waals surface area contributed by atoms with Crippen molar-refractivity contribution in [2.45, 2.75) is 52.4 Å². The molecule has 0 spiro atoms. The Bertz CT molecular complexity index is 2850. The molecule has 0 radical (unpaired) electrons. The summed E-state index contributed by atoms with van der Waals surface area (Å²) in [5, 5.41) is 2.45. The maximum Gasteiger partial charge on any atom is 0.0540 e. The minimum absolute atomic E-state index is 0.0862. The molecule has 0 saturated heterocycles. The molecule has 1 aliphatic carbocycles. The molecule has 8 aromatic rings. The summed E-state index contributed by atoms with van der Waals surface area (Å²) in [5.41, 5.74) is 20.0. The highest BCUT2D eigenvalue weighted by Crippen LogP contribution is 2.55. The number of aryl methyl sites for hydroxylation is 2. The van der Waals surface area contributed by atoms with Crippen molar-refractivity contribution in [2.75, 3.05) is 9.80 Å². The van der Waals surface area contributed by atoms with Crippen LogP contribution in [0.3, 0.4) is 0 Å². The SMILES string of the molecule is Cc1ccccc1N(c1ccccc1C)c1cccc2c(/C=C/c3ccc4c(c3)C(C)(C)c3cc(N5c6ccccc6C(C)(C)c6ccccc65)ccc3-4)cccc12. The van der Waals surface area contributed by atoms with Gasteiger partial charge in [-0.2, -0.15) is 0 Å². The van der Waals surface area contributed by atoms with Gasteiger partial charge in [-0.25, -0.2) is 0 Å². The summed E-state index contributed by atoms with van der Waals surface area (Å²) in [5.74, 6) is 0. The van der Waals surface area contributed by atoms with Crippen molar-refractivity contribution in [2.24, 2.45) is 0 Å². The minimum Gasteiger partial charge on any atom is -0.310 e. The highest BCUT2D eigenvalue weighted by molar-refractivity contribution is 6.04. The molecule has 0 amide bonds. The van der Waals surface area contributed by atoms with E-state index in [1.807, 2.05) is 0 Å². The molecule has 282 valence electrons. The average Bonchev–Trinajstić information content (AvgIpc) is 3.46. The Hall–Kier alpha value is -6.64. The smallest absolute Gasteiger partial charge is 0.0540 e. The van der Waals surface area contributed by atoms with Crippen LogP contribution in [0.25, 0.3) is 34.1 Å². The first kappa shape index (κ1) is 35.8. The van der Waals surface area contributed by atoms with Gasteiger partial charge < -0.3 is 9.80 Å². The van der Waals surface area contributed by atoms with Crippen LogP contribution in [0.1, 0.15) is 72.2 Å². The van der Waals surface area contributed by atoms with Crippen LogP contribution < -0.4 is 9.80 Å². The fourth-order valence-corrected chi connectivity index (χ4v) is 9.80. The van der Waals surface area contributed by atoms with Crippen LogP contribution >= 0.6 is 0 Å². The van der Waals surface area contributed by atoms with Gasteiger partial charge in [0.05, 0.1) is 17.1 Å². The Kier molecular flexibility index (Phi) is 8.32. The lowest BCUT2D eigenvalue weighted by molar-refractivity contribution is 0.631. The first-order chi connectivity index (χ1) is 28.1. The molecular formula is C56H48N2. The van der Waals surface area contributed by atoms with Gasteiger partial charge in [0.15, 0.2) is 0 Å². The topological polar surface area (TPSA) is 6.48 Å². The molecule has 1 aliphatic heterocycles. The summed E-state index contributed by atoms with van der Waals surface area (Å²) in [4.78, 5) is 4.90. The Morgan fingerprint density at radius 1 is 0.431 bits per heavy atom. The molecule has 0 fully saturated rings. The van der Waals surface area contributed by atoms with Crippen LogP contribution in [0.15, 0.2) is 170 Å². The molecule has 58 heavy (non-hydrogen) atoms. The molecule has 0 atom stereocenters. The third-order valence-corrected chi connectivity index (χ3v) is 12.9. The zero-order chi connectivity index (χ0) is 39.8. The van der Waals surface area contributed by atoms with Gasteiger partial charge in [-0.3, -0.25) is 0 Å². The second-order valence-electron chi connectivity index (χ2n) is 17.1. The van der Waals surface area contributed by atoms with E-state index < -0.39 is 0 Å². The average molecular weight is 749 g/mol. The fraction of sp³-hybridized carbons (Fsp3) is 0.143. The lowest BCUT2D eigenvalue weighted by atomic mass is 9.73. The van der Waals surface area contributed by atoms with Gasteiger partial charge in [0.1, 0.15) is 0 Å². The minimum atomic E-state index is -0.165. The van der Waals surface area contributed by atoms with E-state index in [1.54, 1.807) is 0 Å². The van der Waals surface area contributed by atoms with E-state index in [-0.39, 0.29) is 10.8 Å². The van der Waals surface area contributed by atoms with Crippen molar-refractivity contribution in [3.8, 4) is 11.1 Å². The molecule has 2 heteroatoms. The summed E-state index contributed by atoms with van der Waals surface area (Å²) in [6.45, 7) is 13.9. The largest absolute Gasteiger partial charge is 0.310 e. The summed E-state index contributed by atoms with van der Waals surface area (Å²) in [6.07, 6.45) is 4.58. The zero-order valence-electron chi connectivity index (χ0n) is 34.2. The first-order valence-corrected chi connectivity index (χ1v) is 20.5. The Labute approximate surface area is 343 Å². The summed E-state index contributed by atoms with van der Waals surface area (Å²) < 4.78 is 0. The molecule has 0 N–H and O–H groups in total. The zero-order valence-corrected chi connectivity index (χ0v) is 34.2. The summed E-state index contributed by atoms with van der Waals surface area (Å²) in [6, 6.07) is 62.7. The number of anilines is 6. The van der Waals surface area contributed by atoms with Gasteiger partial charge in [0.2, 0.25) is 0 Å². The van der Waals surface area contributed by atoms with Gasteiger partial charge in [0, 0.05) is 33.3 Å². The van der Waals surface area contributed by atoms with Gasteiger partial charge >= 0.3 is 0 Å². The van der Waals surface area contributed by atoms with Crippen molar-refractivity contribution in [1.82, 2.24) is 0 Å². The van der Waals surface area contributed by atoms with E-state index in [0.717, 1.165) is 0 Å². The normalized spacial score (nSPS) is 14.6. The third kappa shape index (κ3) is 5.54. The number of hydrogen-bond acceptors (Lipinski definition) is 2. The van der Waals surface area contributed by atoms with E-state index in [0.29, 0.717) is 0 Å². The van der Waals surface area contributed by atoms with Gasteiger partial charge in [-0.1, -0.05) is 167 Å². The third-order valence-electron chi connectivity index (χ3n) is 12.9. The van der Waals surface area contributed by atoms with E-state index in [9.17, 15) is 0 Å². The molecule has 0 saturated carbocycles. The number of rotatable bonds is 6. The van der Waals surface area contributed by atoms with Crippen LogP contribution in [-0.2, 0) is 10.8 Å². The number of benzene rings is 8. The highest BCUT2D eigenvalue weighted by atomic mass is 15.2. The van der Waals surface area contributed by atoms with E-state index in [2.05, 4.69) is 233 Å². The molecule has 1 heterocycles. The van der Waals surface area contributed by atoms with Crippen molar-refractivity contribution in [3.63, 3.8) is 0 Å². The predicted octanol–water partition coefficient (Wildman–Crippen LogP) is 15.5. The lowest BCUT2D eigenvalue weighted by Gasteiger charge is -2.42. The van der Waals surface area contributed by atoms with E-state index in [1.165, 1.54) is 101 Å². The predicted molar refractivity (Wildman–Crippen MR) is 248 cm³/mol. The van der Waals surface area contributed by atoms with Crippen molar-refractivity contribution < 1.29 is 0 Å². The monoisotopic (exact) mass is 748 g/mol. The molecule has 8 aromatic carbocycles. The van der Waals surface area contributed by atoms with E-state index in [4.69, 9.17) is 0 Å². The van der Waals surface area contributed by atoms with Crippen molar-refractivity contribution in [1.29, 1.82) is 0 Å².